The fourth-order valence-corrected chi connectivity index (χ4v) is 2.83. The molecule has 0 aromatic carbocycles. The molecule has 0 spiro atoms. The van der Waals surface area contributed by atoms with Gasteiger partial charge in [0.2, 0.25) is 4.96 Å². The van der Waals surface area contributed by atoms with E-state index in [1.54, 1.807) is 11.3 Å². The summed E-state index contributed by atoms with van der Waals surface area (Å²) < 4.78 is 1.93. The molecule has 5 nitrogen and oxygen atoms in total. The molecule has 0 unspecified atom stereocenters. The average molecular weight is 237 g/mol. The van der Waals surface area contributed by atoms with Crippen LogP contribution in [0.25, 0.3) is 4.96 Å². The molecule has 0 saturated heterocycles. The van der Waals surface area contributed by atoms with Gasteiger partial charge in [-0.05, 0) is 25.8 Å². The number of nitrogens with zero attached hydrogens (tertiary/aromatic N) is 4. The van der Waals surface area contributed by atoms with Crippen molar-refractivity contribution in [2.24, 2.45) is 5.73 Å². The number of hydrogen-bond donors (Lipinski definition) is 1. The van der Waals surface area contributed by atoms with E-state index in [-0.39, 0.29) is 0 Å². The highest BCUT2D eigenvalue weighted by Gasteiger charge is 2.26. The molecule has 2 heterocycles. The van der Waals surface area contributed by atoms with E-state index in [1.807, 2.05) is 4.52 Å². The molecule has 0 aliphatic heterocycles. The van der Waals surface area contributed by atoms with Gasteiger partial charge in [0.15, 0.2) is 5.82 Å². The molecule has 1 aliphatic carbocycles. The first-order chi connectivity index (χ1) is 7.88. The minimum atomic E-state index is 0.583. The first-order valence-electron chi connectivity index (χ1n) is 5.79. The van der Waals surface area contributed by atoms with Gasteiger partial charge < -0.3 is 5.73 Å². The molecule has 6 heteroatoms. The fraction of sp³-hybridized carbons (Fsp3) is 0.700. The van der Waals surface area contributed by atoms with Gasteiger partial charge in [-0.3, -0.25) is 0 Å². The third-order valence-corrected chi connectivity index (χ3v) is 4.08. The van der Waals surface area contributed by atoms with Gasteiger partial charge in [-0.15, -0.1) is 10.2 Å². The Hall–Kier alpha value is -1.01. The normalized spacial score (nSPS) is 16.8. The molecule has 3 rings (SSSR count). The van der Waals surface area contributed by atoms with Crippen molar-refractivity contribution in [3.05, 3.63) is 10.8 Å². The predicted molar refractivity (Wildman–Crippen MR) is 62.6 cm³/mol. The van der Waals surface area contributed by atoms with E-state index in [0.29, 0.717) is 5.92 Å². The molecule has 86 valence electrons. The van der Waals surface area contributed by atoms with E-state index in [4.69, 9.17) is 5.73 Å². The molecular formula is C10H15N5S. The van der Waals surface area contributed by atoms with Crippen LogP contribution in [0.5, 0.6) is 0 Å². The molecule has 16 heavy (non-hydrogen) atoms. The van der Waals surface area contributed by atoms with Gasteiger partial charge in [0.1, 0.15) is 5.01 Å². The number of hydrogen-bond acceptors (Lipinski definition) is 5. The van der Waals surface area contributed by atoms with Crippen LogP contribution in [0.4, 0.5) is 0 Å². The molecular weight excluding hydrogens is 222 g/mol. The quantitative estimate of drug-likeness (QED) is 0.871. The largest absolute Gasteiger partial charge is 0.330 e. The van der Waals surface area contributed by atoms with Gasteiger partial charge in [0.25, 0.3) is 0 Å². The van der Waals surface area contributed by atoms with E-state index < -0.39 is 0 Å². The van der Waals surface area contributed by atoms with Gasteiger partial charge >= 0.3 is 0 Å². The van der Waals surface area contributed by atoms with Crippen LogP contribution in [0.15, 0.2) is 0 Å². The zero-order chi connectivity index (χ0) is 11.0. The van der Waals surface area contributed by atoms with Gasteiger partial charge in [0, 0.05) is 12.3 Å². The maximum atomic E-state index is 5.50. The SMILES string of the molecule is NCCCc1nn2c(C3CCC3)nnc2s1. The highest BCUT2D eigenvalue weighted by atomic mass is 32.1. The van der Waals surface area contributed by atoms with Gasteiger partial charge in [-0.1, -0.05) is 17.8 Å². The summed E-state index contributed by atoms with van der Waals surface area (Å²) in [6, 6.07) is 0. The van der Waals surface area contributed by atoms with Crippen molar-refractivity contribution < 1.29 is 0 Å². The molecule has 1 fully saturated rings. The summed E-state index contributed by atoms with van der Waals surface area (Å²) in [5.74, 6) is 1.64. The number of rotatable bonds is 4. The standard InChI is InChI=1S/C10H15N5S/c11-6-2-5-8-14-15-9(7-3-1-4-7)12-13-10(15)16-8/h7H,1-6,11H2. The van der Waals surface area contributed by atoms with E-state index in [0.717, 1.165) is 35.2 Å². The van der Waals surface area contributed by atoms with Crippen molar-refractivity contribution in [3.8, 4) is 0 Å². The maximum Gasteiger partial charge on any atom is 0.234 e. The monoisotopic (exact) mass is 237 g/mol. The van der Waals surface area contributed by atoms with E-state index in [9.17, 15) is 0 Å². The summed E-state index contributed by atoms with van der Waals surface area (Å²) in [6.45, 7) is 0.718. The number of fused-ring (bicyclic) bond motifs is 1. The van der Waals surface area contributed by atoms with Crippen LogP contribution in [0.3, 0.4) is 0 Å². The Bertz CT molecular complexity index is 484. The van der Waals surface area contributed by atoms with Crippen LogP contribution in [-0.2, 0) is 6.42 Å². The Balaban J connectivity index is 1.89. The van der Waals surface area contributed by atoms with Crippen molar-refractivity contribution in [2.75, 3.05) is 6.54 Å². The van der Waals surface area contributed by atoms with Gasteiger partial charge in [0.05, 0.1) is 0 Å². The lowest BCUT2D eigenvalue weighted by Gasteiger charge is -2.22. The zero-order valence-corrected chi connectivity index (χ0v) is 9.91. The van der Waals surface area contributed by atoms with Gasteiger partial charge in [-0.25, -0.2) is 0 Å². The van der Waals surface area contributed by atoms with Crippen LogP contribution in [0, 0.1) is 0 Å². The minimum Gasteiger partial charge on any atom is -0.330 e. The lowest BCUT2D eigenvalue weighted by Crippen LogP contribution is -2.13. The highest BCUT2D eigenvalue weighted by molar-refractivity contribution is 7.16. The summed E-state index contributed by atoms with van der Waals surface area (Å²) in [6.07, 6.45) is 5.72. The Kier molecular flexibility index (Phi) is 2.61. The summed E-state index contributed by atoms with van der Waals surface area (Å²) in [4.78, 5) is 0.925. The van der Waals surface area contributed by atoms with Crippen molar-refractivity contribution >= 4 is 16.3 Å². The first-order valence-corrected chi connectivity index (χ1v) is 6.61. The fourth-order valence-electron chi connectivity index (χ4n) is 1.95. The van der Waals surface area contributed by atoms with Crippen LogP contribution in [-0.4, -0.2) is 26.4 Å². The second kappa shape index (κ2) is 4.10. The molecule has 2 aromatic rings. The number of aryl methyl sites for hydroxylation is 1. The summed E-state index contributed by atoms with van der Waals surface area (Å²) in [5.41, 5.74) is 5.50. The molecule has 1 saturated carbocycles. The third kappa shape index (κ3) is 1.62. The second-order valence-corrected chi connectivity index (χ2v) is 5.31. The second-order valence-electron chi connectivity index (χ2n) is 4.27. The van der Waals surface area contributed by atoms with Gasteiger partial charge in [-0.2, -0.15) is 9.61 Å². The molecule has 0 amide bonds. The Morgan fingerprint density at radius 2 is 2.25 bits per heavy atom. The molecule has 2 aromatic heterocycles. The third-order valence-electron chi connectivity index (χ3n) is 3.12. The molecule has 1 aliphatic rings. The Morgan fingerprint density at radius 1 is 1.38 bits per heavy atom. The van der Waals surface area contributed by atoms with Crippen LogP contribution >= 0.6 is 11.3 Å². The van der Waals surface area contributed by atoms with Crippen molar-refractivity contribution in [1.82, 2.24) is 19.8 Å². The molecule has 0 radical (unpaired) electrons. The summed E-state index contributed by atoms with van der Waals surface area (Å²) in [5, 5.41) is 14.1. The van der Waals surface area contributed by atoms with Crippen molar-refractivity contribution in [3.63, 3.8) is 0 Å². The van der Waals surface area contributed by atoms with E-state index in [2.05, 4.69) is 15.3 Å². The average Bonchev–Trinajstić information content (AvgIpc) is 2.74. The lowest BCUT2D eigenvalue weighted by molar-refractivity contribution is 0.395. The number of nitrogens with two attached hydrogens (primary N) is 1. The highest BCUT2D eigenvalue weighted by Crippen LogP contribution is 2.35. The van der Waals surface area contributed by atoms with E-state index in [1.165, 1.54) is 19.3 Å². The maximum absolute atomic E-state index is 5.50. The van der Waals surface area contributed by atoms with Crippen molar-refractivity contribution in [1.29, 1.82) is 0 Å². The van der Waals surface area contributed by atoms with Crippen LogP contribution in [0.1, 0.15) is 42.4 Å². The summed E-state index contributed by atoms with van der Waals surface area (Å²) >= 11 is 1.63. The minimum absolute atomic E-state index is 0.583. The zero-order valence-electron chi connectivity index (χ0n) is 9.09. The Morgan fingerprint density at radius 3 is 2.94 bits per heavy atom. The predicted octanol–water partition coefficient (Wildman–Crippen LogP) is 1.34. The Labute approximate surface area is 97.7 Å². The van der Waals surface area contributed by atoms with Crippen molar-refractivity contribution in [2.45, 2.75) is 38.0 Å². The first kappa shape index (κ1) is 10.2. The molecule has 2 N–H and O–H groups in total. The topological polar surface area (TPSA) is 69.1 Å². The summed E-state index contributed by atoms with van der Waals surface area (Å²) in [7, 11) is 0. The van der Waals surface area contributed by atoms with Crippen LogP contribution < -0.4 is 5.73 Å². The van der Waals surface area contributed by atoms with Crippen LogP contribution in [0.2, 0.25) is 0 Å². The number of aromatic nitrogens is 4. The smallest absolute Gasteiger partial charge is 0.234 e. The molecule has 0 atom stereocenters. The van der Waals surface area contributed by atoms with E-state index >= 15 is 0 Å². The molecule has 0 bridgehead atoms. The lowest BCUT2D eigenvalue weighted by atomic mass is 9.85.